The van der Waals surface area contributed by atoms with E-state index >= 15 is 0 Å². The number of benzene rings is 2. The summed E-state index contributed by atoms with van der Waals surface area (Å²) in [6.45, 7) is 0.307. The van der Waals surface area contributed by atoms with Gasteiger partial charge in [-0.1, -0.05) is 23.7 Å². The quantitative estimate of drug-likeness (QED) is 0.549. The molecule has 122 valence electrons. The molecule has 0 saturated carbocycles. The summed E-state index contributed by atoms with van der Waals surface area (Å²) >= 11 is 5.90. The van der Waals surface area contributed by atoms with E-state index in [9.17, 15) is 14.0 Å². The SMILES string of the molecule is O=C(NCCc1cccc(Cl)c1)C(=O)c1c[nH]c2ccc(F)cc12. The summed E-state index contributed by atoms with van der Waals surface area (Å²) in [7, 11) is 0. The van der Waals surface area contributed by atoms with Gasteiger partial charge in [-0.05, 0) is 42.3 Å². The Morgan fingerprint density at radius 1 is 1.17 bits per heavy atom. The lowest BCUT2D eigenvalue weighted by Gasteiger charge is -2.05. The Balaban J connectivity index is 1.66. The molecular weight excluding hydrogens is 331 g/mol. The van der Waals surface area contributed by atoms with Gasteiger partial charge in [0.2, 0.25) is 0 Å². The standard InChI is InChI=1S/C18H14ClFN2O2/c19-12-3-1-2-11(8-12)6-7-21-18(24)17(23)15-10-22-16-5-4-13(20)9-14(15)16/h1-5,8-10,22H,6-7H2,(H,21,24). The zero-order valence-corrected chi connectivity index (χ0v) is 13.4. The van der Waals surface area contributed by atoms with Crippen molar-refractivity contribution in [3.63, 3.8) is 0 Å². The minimum atomic E-state index is -0.720. The van der Waals surface area contributed by atoms with Crippen molar-refractivity contribution >= 4 is 34.2 Å². The largest absolute Gasteiger partial charge is 0.360 e. The smallest absolute Gasteiger partial charge is 0.292 e. The van der Waals surface area contributed by atoms with E-state index < -0.39 is 17.5 Å². The number of H-pyrrole nitrogens is 1. The van der Waals surface area contributed by atoms with Crippen LogP contribution in [-0.2, 0) is 11.2 Å². The molecule has 0 aliphatic carbocycles. The van der Waals surface area contributed by atoms with E-state index in [4.69, 9.17) is 11.6 Å². The number of carbonyl (C=O) groups is 2. The van der Waals surface area contributed by atoms with E-state index in [1.165, 1.54) is 24.4 Å². The molecule has 0 spiro atoms. The molecule has 3 aromatic rings. The molecule has 24 heavy (non-hydrogen) atoms. The third-order valence-electron chi connectivity index (χ3n) is 3.68. The number of hydrogen-bond donors (Lipinski definition) is 2. The summed E-state index contributed by atoms with van der Waals surface area (Å²) in [5, 5.41) is 3.59. The van der Waals surface area contributed by atoms with E-state index in [1.54, 1.807) is 12.1 Å². The molecule has 2 aromatic carbocycles. The third kappa shape index (κ3) is 3.46. The van der Waals surface area contributed by atoms with Gasteiger partial charge < -0.3 is 10.3 Å². The van der Waals surface area contributed by atoms with Gasteiger partial charge in [0, 0.05) is 28.7 Å². The van der Waals surface area contributed by atoms with Crippen LogP contribution in [0.4, 0.5) is 4.39 Å². The minimum Gasteiger partial charge on any atom is -0.360 e. The molecule has 1 amide bonds. The number of ketones is 1. The Bertz CT molecular complexity index is 920. The first-order valence-corrected chi connectivity index (χ1v) is 7.76. The number of halogens is 2. The van der Waals surface area contributed by atoms with E-state index in [2.05, 4.69) is 10.3 Å². The van der Waals surface area contributed by atoms with Crippen LogP contribution in [0.1, 0.15) is 15.9 Å². The number of amides is 1. The summed E-state index contributed by atoms with van der Waals surface area (Å²) in [5.41, 5.74) is 1.72. The summed E-state index contributed by atoms with van der Waals surface area (Å²) in [4.78, 5) is 27.1. The lowest BCUT2D eigenvalue weighted by molar-refractivity contribution is -0.116. The van der Waals surface area contributed by atoms with Crippen molar-refractivity contribution in [3.05, 3.63) is 70.6 Å². The van der Waals surface area contributed by atoms with Crippen LogP contribution in [0.3, 0.4) is 0 Å². The normalized spacial score (nSPS) is 10.8. The van der Waals surface area contributed by atoms with Gasteiger partial charge in [-0.2, -0.15) is 0 Å². The number of Topliss-reactive ketones (excluding diaryl/α,β-unsaturated/α-hetero) is 1. The van der Waals surface area contributed by atoms with E-state index in [1.807, 2.05) is 12.1 Å². The molecule has 0 radical (unpaired) electrons. The van der Waals surface area contributed by atoms with Gasteiger partial charge in [0.1, 0.15) is 5.82 Å². The fraction of sp³-hybridized carbons (Fsp3) is 0.111. The Labute approximate surface area is 142 Å². The van der Waals surface area contributed by atoms with Crippen molar-refractivity contribution < 1.29 is 14.0 Å². The summed E-state index contributed by atoms with van der Waals surface area (Å²) in [6, 6.07) is 11.3. The number of nitrogens with one attached hydrogen (secondary N) is 2. The highest BCUT2D eigenvalue weighted by Crippen LogP contribution is 2.20. The Hall–Kier alpha value is -2.66. The van der Waals surface area contributed by atoms with Crippen molar-refractivity contribution in [2.75, 3.05) is 6.54 Å². The Morgan fingerprint density at radius 2 is 2.00 bits per heavy atom. The first-order chi connectivity index (χ1) is 11.5. The molecule has 3 rings (SSSR count). The second-order valence-corrected chi connectivity index (χ2v) is 5.79. The molecule has 0 fully saturated rings. The van der Waals surface area contributed by atoms with Crippen LogP contribution < -0.4 is 5.32 Å². The van der Waals surface area contributed by atoms with E-state index in [0.717, 1.165) is 5.56 Å². The Morgan fingerprint density at radius 3 is 2.79 bits per heavy atom. The number of rotatable bonds is 5. The van der Waals surface area contributed by atoms with Crippen LogP contribution in [0.15, 0.2) is 48.7 Å². The van der Waals surface area contributed by atoms with Crippen LogP contribution in [0.25, 0.3) is 10.9 Å². The van der Waals surface area contributed by atoms with Gasteiger partial charge in [-0.3, -0.25) is 9.59 Å². The van der Waals surface area contributed by atoms with Crippen LogP contribution in [0.5, 0.6) is 0 Å². The van der Waals surface area contributed by atoms with Gasteiger partial charge in [0.05, 0.1) is 5.56 Å². The molecule has 1 heterocycles. The van der Waals surface area contributed by atoms with Crippen molar-refractivity contribution in [1.82, 2.24) is 10.3 Å². The summed E-state index contributed by atoms with van der Waals surface area (Å²) in [6.07, 6.45) is 1.98. The second kappa shape index (κ2) is 6.84. The topological polar surface area (TPSA) is 62.0 Å². The molecule has 0 saturated heterocycles. The van der Waals surface area contributed by atoms with Crippen LogP contribution in [-0.4, -0.2) is 23.2 Å². The van der Waals surface area contributed by atoms with E-state index in [-0.39, 0.29) is 5.56 Å². The lowest BCUT2D eigenvalue weighted by Crippen LogP contribution is -2.32. The molecule has 6 heteroatoms. The van der Waals surface area contributed by atoms with Crippen molar-refractivity contribution in [2.24, 2.45) is 0 Å². The average molecular weight is 345 g/mol. The van der Waals surface area contributed by atoms with Crippen molar-refractivity contribution in [1.29, 1.82) is 0 Å². The van der Waals surface area contributed by atoms with E-state index in [0.29, 0.717) is 28.9 Å². The van der Waals surface area contributed by atoms with Gasteiger partial charge in [-0.25, -0.2) is 4.39 Å². The zero-order chi connectivity index (χ0) is 17.1. The number of aromatic nitrogens is 1. The molecule has 0 unspecified atom stereocenters. The fourth-order valence-electron chi connectivity index (χ4n) is 2.50. The molecule has 0 bridgehead atoms. The first kappa shape index (κ1) is 16.2. The summed E-state index contributed by atoms with van der Waals surface area (Å²) < 4.78 is 13.3. The average Bonchev–Trinajstić information content (AvgIpc) is 2.97. The van der Waals surface area contributed by atoms with Gasteiger partial charge in [0.25, 0.3) is 11.7 Å². The minimum absolute atomic E-state index is 0.157. The molecule has 0 aliphatic heterocycles. The Kier molecular flexibility index (Phi) is 4.62. The highest BCUT2D eigenvalue weighted by atomic mass is 35.5. The number of hydrogen-bond acceptors (Lipinski definition) is 2. The van der Waals surface area contributed by atoms with Crippen molar-refractivity contribution in [3.8, 4) is 0 Å². The maximum atomic E-state index is 13.3. The molecule has 2 N–H and O–H groups in total. The molecule has 4 nitrogen and oxygen atoms in total. The molecule has 0 aliphatic rings. The van der Waals surface area contributed by atoms with Gasteiger partial charge >= 0.3 is 0 Å². The predicted octanol–water partition coefficient (Wildman–Crippen LogP) is 3.50. The highest BCUT2D eigenvalue weighted by molar-refractivity contribution is 6.44. The predicted molar refractivity (Wildman–Crippen MR) is 90.8 cm³/mol. The molecule has 0 atom stereocenters. The molecule has 1 aromatic heterocycles. The van der Waals surface area contributed by atoms with Gasteiger partial charge in [0.15, 0.2) is 0 Å². The number of aromatic amines is 1. The first-order valence-electron chi connectivity index (χ1n) is 7.38. The van der Waals surface area contributed by atoms with Gasteiger partial charge in [-0.15, -0.1) is 0 Å². The van der Waals surface area contributed by atoms with Crippen LogP contribution in [0, 0.1) is 5.82 Å². The fourth-order valence-corrected chi connectivity index (χ4v) is 2.71. The summed E-state index contributed by atoms with van der Waals surface area (Å²) in [5.74, 6) is -1.88. The third-order valence-corrected chi connectivity index (χ3v) is 3.92. The lowest BCUT2D eigenvalue weighted by atomic mass is 10.1. The maximum absolute atomic E-state index is 13.3. The monoisotopic (exact) mass is 344 g/mol. The highest BCUT2D eigenvalue weighted by Gasteiger charge is 2.19. The van der Waals surface area contributed by atoms with Crippen LogP contribution in [0.2, 0.25) is 5.02 Å². The van der Waals surface area contributed by atoms with Crippen LogP contribution >= 0.6 is 11.6 Å². The second-order valence-electron chi connectivity index (χ2n) is 5.36. The molecular formula is C18H14ClFN2O2. The number of carbonyl (C=O) groups excluding carboxylic acids is 2. The number of fused-ring (bicyclic) bond motifs is 1. The zero-order valence-electron chi connectivity index (χ0n) is 12.6. The maximum Gasteiger partial charge on any atom is 0.292 e. The van der Waals surface area contributed by atoms with Crippen molar-refractivity contribution in [2.45, 2.75) is 6.42 Å².